The normalized spacial score (nSPS) is 10.5. The van der Waals surface area contributed by atoms with E-state index in [2.05, 4.69) is 24.1 Å². The van der Waals surface area contributed by atoms with E-state index in [1.807, 2.05) is 42.5 Å². The molecule has 116 valence electrons. The maximum atomic E-state index is 12.1. The van der Waals surface area contributed by atoms with Crippen molar-refractivity contribution in [2.24, 2.45) is 0 Å². The first-order chi connectivity index (χ1) is 10.7. The third-order valence-corrected chi connectivity index (χ3v) is 4.94. The predicted octanol–water partition coefficient (Wildman–Crippen LogP) is 4.14. The predicted molar refractivity (Wildman–Crippen MR) is 101 cm³/mol. The Kier molecular flexibility index (Phi) is 6.21. The van der Waals surface area contributed by atoms with Crippen LogP contribution in [0.4, 0.5) is 5.69 Å². The molecule has 0 fully saturated rings. The third-order valence-electron chi connectivity index (χ3n) is 3.41. The topological polar surface area (TPSA) is 32.3 Å². The van der Waals surface area contributed by atoms with E-state index < -0.39 is 0 Å². The fourth-order valence-electron chi connectivity index (χ4n) is 2.22. The maximum absolute atomic E-state index is 12.1. The number of anilines is 1. The molecule has 0 aromatic heterocycles. The van der Waals surface area contributed by atoms with Crippen molar-refractivity contribution in [3.8, 4) is 0 Å². The second kappa shape index (κ2) is 8.15. The van der Waals surface area contributed by atoms with Gasteiger partial charge in [-0.3, -0.25) is 4.79 Å². The number of fused-ring (bicyclic) bond motifs is 1. The van der Waals surface area contributed by atoms with Crippen LogP contribution in [0.5, 0.6) is 0 Å². The van der Waals surface area contributed by atoms with Gasteiger partial charge in [0, 0.05) is 24.2 Å². The van der Waals surface area contributed by atoms with Crippen LogP contribution in [0.15, 0.2) is 42.5 Å². The summed E-state index contributed by atoms with van der Waals surface area (Å²) in [6.45, 7) is 5.86. The van der Waals surface area contributed by atoms with Crippen LogP contribution < -0.4 is 5.32 Å². The van der Waals surface area contributed by atoms with E-state index >= 15 is 0 Å². The van der Waals surface area contributed by atoms with Crippen molar-refractivity contribution in [3.63, 3.8) is 0 Å². The minimum absolute atomic E-state index is 0.0316. The number of hydrogen-bond donors (Lipinski definition) is 1. The largest absolute Gasteiger partial charge is 0.358 e. The van der Waals surface area contributed by atoms with Gasteiger partial charge in [0.2, 0.25) is 5.91 Å². The smallest absolute Gasteiger partial charge is 0.234 e. The lowest BCUT2D eigenvalue weighted by Gasteiger charge is -2.20. The van der Waals surface area contributed by atoms with Gasteiger partial charge >= 0.3 is 0 Å². The van der Waals surface area contributed by atoms with Gasteiger partial charge in [0.25, 0.3) is 0 Å². The number of carbonyl (C=O) groups is 1. The molecule has 0 spiro atoms. The Morgan fingerprint density at radius 1 is 1.14 bits per heavy atom. The molecule has 0 saturated carbocycles. The number of benzene rings is 2. The highest BCUT2D eigenvalue weighted by molar-refractivity contribution is 8.23. The number of thioether (sulfide) groups is 1. The standard InChI is InChI=1S/C17H20N2OS2/c1-3-19(4-2)17(21)22-12-16(20)18-15-11-7-9-13-8-5-6-10-14(13)15/h5-11H,3-4,12H2,1-2H3,(H,18,20). The minimum Gasteiger partial charge on any atom is -0.358 e. The number of nitrogens with zero attached hydrogens (tertiary/aromatic N) is 1. The SMILES string of the molecule is CCN(CC)C(=S)SCC(=O)Nc1cccc2ccccc12. The van der Waals surface area contributed by atoms with Crippen LogP contribution in [0.1, 0.15) is 13.8 Å². The van der Waals surface area contributed by atoms with Crippen molar-refractivity contribution in [2.45, 2.75) is 13.8 Å². The number of hydrogen-bond acceptors (Lipinski definition) is 3. The molecule has 0 saturated heterocycles. The van der Waals surface area contributed by atoms with E-state index in [-0.39, 0.29) is 5.91 Å². The molecule has 0 unspecified atom stereocenters. The van der Waals surface area contributed by atoms with Gasteiger partial charge in [-0.15, -0.1) is 0 Å². The first-order valence-electron chi connectivity index (χ1n) is 7.35. The highest BCUT2D eigenvalue weighted by Gasteiger charge is 2.10. The van der Waals surface area contributed by atoms with E-state index in [9.17, 15) is 4.79 Å². The van der Waals surface area contributed by atoms with Gasteiger partial charge in [-0.2, -0.15) is 0 Å². The molecular weight excluding hydrogens is 312 g/mol. The van der Waals surface area contributed by atoms with Crippen molar-refractivity contribution in [1.29, 1.82) is 0 Å². The van der Waals surface area contributed by atoms with Crippen LogP contribution in [-0.2, 0) is 4.79 Å². The lowest BCUT2D eigenvalue weighted by atomic mass is 10.1. The molecule has 0 heterocycles. The first-order valence-corrected chi connectivity index (χ1v) is 8.74. The van der Waals surface area contributed by atoms with Crippen LogP contribution in [0.25, 0.3) is 10.8 Å². The number of thiocarbonyl (C=S) groups is 1. The maximum Gasteiger partial charge on any atom is 0.234 e. The zero-order valence-electron chi connectivity index (χ0n) is 12.8. The Labute approximate surface area is 141 Å². The Morgan fingerprint density at radius 3 is 2.55 bits per heavy atom. The molecule has 0 radical (unpaired) electrons. The van der Waals surface area contributed by atoms with E-state index in [0.29, 0.717) is 5.75 Å². The van der Waals surface area contributed by atoms with Crippen molar-refractivity contribution >= 4 is 50.7 Å². The van der Waals surface area contributed by atoms with Crippen molar-refractivity contribution in [3.05, 3.63) is 42.5 Å². The summed E-state index contributed by atoms with van der Waals surface area (Å²) in [6, 6.07) is 13.9. The van der Waals surface area contributed by atoms with E-state index in [0.717, 1.165) is 33.9 Å². The molecule has 2 rings (SSSR count). The zero-order chi connectivity index (χ0) is 15.9. The molecule has 2 aromatic carbocycles. The van der Waals surface area contributed by atoms with Gasteiger partial charge in [-0.25, -0.2) is 0 Å². The summed E-state index contributed by atoms with van der Waals surface area (Å²) in [5.41, 5.74) is 0.845. The summed E-state index contributed by atoms with van der Waals surface area (Å²) in [5, 5.41) is 5.15. The molecular formula is C17H20N2OS2. The molecule has 3 nitrogen and oxygen atoms in total. The monoisotopic (exact) mass is 332 g/mol. The molecule has 0 aliphatic carbocycles. The number of amides is 1. The highest BCUT2D eigenvalue weighted by Crippen LogP contribution is 2.23. The van der Waals surface area contributed by atoms with Crippen LogP contribution in [0.3, 0.4) is 0 Å². The first kappa shape index (κ1) is 16.8. The molecule has 1 amide bonds. The molecule has 5 heteroatoms. The van der Waals surface area contributed by atoms with Gasteiger partial charge in [-0.1, -0.05) is 60.4 Å². The Balaban J connectivity index is 1.98. The average molecular weight is 332 g/mol. The van der Waals surface area contributed by atoms with E-state index in [1.165, 1.54) is 11.8 Å². The highest BCUT2D eigenvalue weighted by atomic mass is 32.2. The molecule has 0 aliphatic rings. The zero-order valence-corrected chi connectivity index (χ0v) is 14.5. The van der Waals surface area contributed by atoms with E-state index in [4.69, 9.17) is 12.2 Å². The van der Waals surface area contributed by atoms with Crippen LogP contribution in [0, 0.1) is 0 Å². The molecule has 2 aromatic rings. The summed E-state index contributed by atoms with van der Waals surface area (Å²) in [7, 11) is 0. The fraction of sp³-hybridized carbons (Fsp3) is 0.294. The second-order valence-electron chi connectivity index (χ2n) is 4.80. The van der Waals surface area contributed by atoms with E-state index in [1.54, 1.807) is 0 Å². The summed E-state index contributed by atoms with van der Waals surface area (Å²) in [5.74, 6) is 0.300. The number of rotatable bonds is 5. The van der Waals surface area contributed by atoms with Crippen molar-refractivity contribution in [1.82, 2.24) is 4.90 Å². The third kappa shape index (κ3) is 4.21. The molecule has 0 atom stereocenters. The van der Waals surface area contributed by atoms with Crippen LogP contribution >= 0.6 is 24.0 Å². The fourth-order valence-corrected chi connectivity index (χ4v) is 3.42. The lowest BCUT2D eigenvalue weighted by molar-refractivity contribution is -0.113. The summed E-state index contributed by atoms with van der Waals surface area (Å²) >= 11 is 6.75. The Hall–Kier alpha value is -1.59. The molecule has 1 N–H and O–H groups in total. The van der Waals surface area contributed by atoms with Crippen LogP contribution in [0.2, 0.25) is 0 Å². The Bertz CT molecular complexity index is 663. The second-order valence-corrected chi connectivity index (χ2v) is 6.41. The van der Waals surface area contributed by atoms with Gasteiger partial charge in [0.1, 0.15) is 4.32 Å². The Morgan fingerprint density at radius 2 is 1.82 bits per heavy atom. The quantitative estimate of drug-likeness (QED) is 0.834. The van der Waals surface area contributed by atoms with Gasteiger partial charge < -0.3 is 10.2 Å². The van der Waals surface area contributed by atoms with Crippen molar-refractivity contribution in [2.75, 3.05) is 24.2 Å². The summed E-state index contributed by atoms with van der Waals surface area (Å²) in [4.78, 5) is 14.2. The minimum atomic E-state index is -0.0316. The van der Waals surface area contributed by atoms with Gasteiger partial charge in [-0.05, 0) is 25.3 Å². The van der Waals surface area contributed by atoms with Gasteiger partial charge in [0.05, 0.1) is 5.75 Å². The summed E-state index contributed by atoms with van der Waals surface area (Å²) < 4.78 is 0.776. The number of carbonyl (C=O) groups excluding carboxylic acids is 1. The van der Waals surface area contributed by atoms with Gasteiger partial charge in [0.15, 0.2) is 0 Å². The average Bonchev–Trinajstić information content (AvgIpc) is 2.54. The van der Waals surface area contributed by atoms with Crippen LogP contribution in [-0.4, -0.2) is 34.0 Å². The summed E-state index contributed by atoms with van der Waals surface area (Å²) in [6.07, 6.45) is 0. The number of nitrogens with one attached hydrogen (secondary N) is 1. The molecule has 22 heavy (non-hydrogen) atoms. The molecule has 0 aliphatic heterocycles. The van der Waals surface area contributed by atoms with Crippen molar-refractivity contribution < 1.29 is 4.79 Å². The lowest BCUT2D eigenvalue weighted by Crippen LogP contribution is -2.28. The molecule has 0 bridgehead atoms.